The van der Waals surface area contributed by atoms with Gasteiger partial charge < -0.3 is 25.1 Å². The molecule has 0 unspecified atom stereocenters. The average molecular weight is 510 g/mol. The second kappa shape index (κ2) is 10.7. The Bertz CT molecular complexity index is 1300. The summed E-state index contributed by atoms with van der Waals surface area (Å²) in [6.45, 7) is 4.51. The zero-order chi connectivity index (χ0) is 25.9. The molecule has 0 radical (unpaired) electrons. The number of alkyl carbamates (subject to hydrolysis) is 1. The second-order valence-corrected chi connectivity index (χ2v) is 9.85. The zero-order valence-corrected chi connectivity index (χ0v) is 21.1. The van der Waals surface area contributed by atoms with E-state index in [2.05, 4.69) is 25.6 Å². The summed E-state index contributed by atoms with van der Waals surface area (Å²) < 4.78 is 25.2. The predicted octanol–water partition coefficient (Wildman–Crippen LogP) is 4.65. The molecule has 2 amide bonds. The number of hydrogen-bond donors (Lipinski definition) is 3. The minimum absolute atomic E-state index is 0.0101. The first-order chi connectivity index (χ1) is 17.9. The van der Waals surface area contributed by atoms with Crippen LogP contribution in [0.5, 0.6) is 5.75 Å². The first-order valence-electron chi connectivity index (χ1n) is 12.9. The minimum Gasteiger partial charge on any atom is -0.493 e. The van der Waals surface area contributed by atoms with Gasteiger partial charge in [0, 0.05) is 23.3 Å². The first kappa shape index (κ1) is 25.0. The monoisotopic (exact) mass is 509 g/mol. The lowest BCUT2D eigenvalue weighted by molar-refractivity contribution is 0.0922. The Kier molecular flexibility index (Phi) is 7.25. The van der Waals surface area contributed by atoms with Gasteiger partial charge in [-0.2, -0.15) is 0 Å². The molecule has 0 spiro atoms. The lowest BCUT2D eigenvalue weighted by atomic mass is 9.91. The molecule has 3 aromatic rings. The van der Waals surface area contributed by atoms with E-state index in [0.29, 0.717) is 58.4 Å². The summed E-state index contributed by atoms with van der Waals surface area (Å²) in [6.07, 6.45) is 6.28. The van der Waals surface area contributed by atoms with Crippen LogP contribution in [0.2, 0.25) is 0 Å². The van der Waals surface area contributed by atoms with E-state index in [0.717, 1.165) is 38.5 Å². The van der Waals surface area contributed by atoms with Gasteiger partial charge in [-0.1, -0.05) is 0 Å². The Morgan fingerprint density at radius 1 is 1.08 bits per heavy atom. The van der Waals surface area contributed by atoms with Crippen molar-refractivity contribution in [2.75, 3.05) is 13.2 Å². The highest BCUT2D eigenvalue weighted by atomic mass is 19.1. The number of carbonyl (C=O) groups is 2. The SMILES string of the molecule is CCOC(=O)NC1CCC(NC(=O)c2c(C)[nH]c3c(-c4cc(F)ccc4OCC4CC4)ncnc23)CC1. The Morgan fingerprint density at radius 3 is 2.51 bits per heavy atom. The van der Waals surface area contributed by atoms with Crippen molar-refractivity contribution >= 4 is 23.0 Å². The van der Waals surface area contributed by atoms with Gasteiger partial charge in [-0.05, 0) is 76.5 Å². The summed E-state index contributed by atoms with van der Waals surface area (Å²) >= 11 is 0. The van der Waals surface area contributed by atoms with Crippen molar-refractivity contribution in [3.63, 3.8) is 0 Å². The van der Waals surface area contributed by atoms with Gasteiger partial charge in [0.05, 0.1) is 24.3 Å². The number of benzene rings is 1. The maximum atomic E-state index is 14.2. The van der Waals surface area contributed by atoms with Crippen molar-refractivity contribution in [1.29, 1.82) is 0 Å². The van der Waals surface area contributed by atoms with Gasteiger partial charge >= 0.3 is 6.09 Å². The summed E-state index contributed by atoms with van der Waals surface area (Å²) in [7, 11) is 0. The van der Waals surface area contributed by atoms with E-state index >= 15 is 0 Å². The van der Waals surface area contributed by atoms with Crippen molar-refractivity contribution in [1.82, 2.24) is 25.6 Å². The third-order valence-corrected chi connectivity index (χ3v) is 7.03. The van der Waals surface area contributed by atoms with Crippen molar-refractivity contribution in [2.24, 2.45) is 5.92 Å². The molecule has 37 heavy (non-hydrogen) atoms. The highest BCUT2D eigenvalue weighted by molar-refractivity contribution is 6.09. The summed E-state index contributed by atoms with van der Waals surface area (Å²) in [6, 6.07) is 4.43. The van der Waals surface area contributed by atoms with Crippen LogP contribution in [0.1, 0.15) is 61.5 Å². The summed E-state index contributed by atoms with van der Waals surface area (Å²) in [5.74, 6) is 0.483. The van der Waals surface area contributed by atoms with E-state index in [-0.39, 0.29) is 18.0 Å². The number of rotatable bonds is 8. The van der Waals surface area contributed by atoms with E-state index in [1.807, 2.05) is 6.92 Å². The first-order valence-corrected chi connectivity index (χ1v) is 12.9. The number of ether oxygens (including phenoxy) is 2. The molecule has 0 saturated heterocycles. The molecule has 3 N–H and O–H groups in total. The van der Waals surface area contributed by atoms with Crippen molar-refractivity contribution in [3.05, 3.63) is 41.6 Å². The van der Waals surface area contributed by atoms with Gasteiger partial charge in [-0.3, -0.25) is 4.79 Å². The van der Waals surface area contributed by atoms with Gasteiger partial charge in [0.15, 0.2) is 0 Å². The highest BCUT2D eigenvalue weighted by Gasteiger charge is 2.28. The van der Waals surface area contributed by atoms with Crippen LogP contribution >= 0.6 is 0 Å². The summed E-state index contributed by atoms with van der Waals surface area (Å²) in [5.41, 5.74) is 3.16. The fourth-order valence-electron chi connectivity index (χ4n) is 4.89. The second-order valence-electron chi connectivity index (χ2n) is 9.85. The highest BCUT2D eigenvalue weighted by Crippen LogP contribution is 2.37. The molecule has 0 bridgehead atoms. The zero-order valence-electron chi connectivity index (χ0n) is 21.1. The predicted molar refractivity (Wildman–Crippen MR) is 136 cm³/mol. The van der Waals surface area contributed by atoms with E-state index in [9.17, 15) is 14.0 Å². The number of carbonyl (C=O) groups excluding carboxylic acids is 2. The van der Waals surface area contributed by atoms with E-state index in [4.69, 9.17) is 9.47 Å². The third-order valence-electron chi connectivity index (χ3n) is 7.03. The lowest BCUT2D eigenvalue weighted by Crippen LogP contribution is -2.44. The molecule has 2 aliphatic rings. The standard InChI is InChI=1S/C27H32FN5O4/c1-3-36-27(35)33-19-9-7-18(8-10-19)32-26(34)22-15(2)31-25-23(29-14-30-24(22)25)20-12-17(28)6-11-21(20)37-13-16-4-5-16/h6,11-12,14,16,18-19,31H,3-5,7-10,13H2,1-2H3,(H,32,34)(H,33,35). The van der Waals surface area contributed by atoms with Gasteiger partial charge in [0.2, 0.25) is 0 Å². The van der Waals surface area contributed by atoms with Crippen molar-refractivity contribution in [2.45, 2.75) is 64.5 Å². The molecule has 196 valence electrons. The molecule has 2 fully saturated rings. The van der Waals surface area contributed by atoms with Crippen LogP contribution in [0.15, 0.2) is 24.5 Å². The molecule has 2 saturated carbocycles. The number of aryl methyl sites for hydroxylation is 1. The summed E-state index contributed by atoms with van der Waals surface area (Å²) in [4.78, 5) is 37.1. The van der Waals surface area contributed by atoms with Crippen LogP contribution in [-0.4, -0.2) is 52.2 Å². The van der Waals surface area contributed by atoms with Gasteiger partial charge in [-0.15, -0.1) is 0 Å². The minimum atomic E-state index is -0.403. The quantitative estimate of drug-likeness (QED) is 0.407. The molecular weight excluding hydrogens is 477 g/mol. The number of halogens is 1. The van der Waals surface area contributed by atoms with Crippen LogP contribution in [0.4, 0.5) is 9.18 Å². The number of H-pyrrole nitrogens is 1. The molecule has 10 heteroatoms. The maximum absolute atomic E-state index is 14.2. The largest absolute Gasteiger partial charge is 0.493 e. The van der Waals surface area contributed by atoms with Crippen molar-refractivity contribution in [3.8, 4) is 17.0 Å². The Hall–Kier alpha value is -3.69. The Balaban J connectivity index is 1.34. The van der Waals surface area contributed by atoms with Crippen LogP contribution in [-0.2, 0) is 4.74 Å². The molecule has 2 aliphatic carbocycles. The molecule has 0 aliphatic heterocycles. The van der Waals surface area contributed by atoms with Crippen LogP contribution in [0.3, 0.4) is 0 Å². The average Bonchev–Trinajstić information content (AvgIpc) is 3.64. The van der Waals surface area contributed by atoms with E-state index in [1.165, 1.54) is 18.5 Å². The maximum Gasteiger partial charge on any atom is 0.407 e. The van der Waals surface area contributed by atoms with Gasteiger partial charge in [0.1, 0.15) is 29.1 Å². The molecule has 0 atom stereocenters. The molecular formula is C27H32FN5O4. The Morgan fingerprint density at radius 2 is 1.81 bits per heavy atom. The summed E-state index contributed by atoms with van der Waals surface area (Å²) in [5, 5.41) is 6.00. The number of nitrogens with one attached hydrogen (secondary N) is 3. The van der Waals surface area contributed by atoms with Crippen LogP contribution in [0, 0.1) is 18.7 Å². The molecule has 2 aromatic heterocycles. The fourth-order valence-corrected chi connectivity index (χ4v) is 4.89. The lowest BCUT2D eigenvalue weighted by Gasteiger charge is -2.29. The van der Waals surface area contributed by atoms with E-state index < -0.39 is 11.9 Å². The number of aromatic amines is 1. The number of aromatic nitrogens is 3. The topological polar surface area (TPSA) is 118 Å². The number of amides is 2. The smallest absolute Gasteiger partial charge is 0.407 e. The number of nitrogens with zero attached hydrogens (tertiary/aromatic N) is 2. The molecule has 2 heterocycles. The van der Waals surface area contributed by atoms with Gasteiger partial charge in [-0.25, -0.2) is 19.2 Å². The molecule has 5 rings (SSSR count). The van der Waals surface area contributed by atoms with Crippen molar-refractivity contribution < 1.29 is 23.5 Å². The third kappa shape index (κ3) is 5.68. The van der Waals surface area contributed by atoms with Gasteiger partial charge in [0.25, 0.3) is 5.91 Å². The number of fused-ring (bicyclic) bond motifs is 1. The number of hydrogen-bond acceptors (Lipinski definition) is 6. The normalized spacial score (nSPS) is 19.4. The van der Waals surface area contributed by atoms with E-state index in [1.54, 1.807) is 13.0 Å². The molecule has 1 aromatic carbocycles. The van der Waals surface area contributed by atoms with Crippen LogP contribution < -0.4 is 15.4 Å². The fraction of sp³-hybridized carbons (Fsp3) is 0.481. The molecule has 9 nitrogen and oxygen atoms in total. The Labute approximate surface area is 214 Å². The van der Waals surface area contributed by atoms with Crippen LogP contribution in [0.25, 0.3) is 22.3 Å².